The van der Waals surface area contributed by atoms with E-state index in [0.717, 1.165) is 12.8 Å². The summed E-state index contributed by atoms with van der Waals surface area (Å²) < 4.78 is 0. The van der Waals surface area contributed by atoms with Crippen molar-refractivity contribution in [1.29, 1.82) is 0 Å². The van der Waals surface area contributed by atoms with Crippen LogP contribution in [0.2, 0.25) is 0 Å². The summed E-state index contributed by atoms with van der Waals surface area (Å²) >= 11 is 1.87. The number of hydrogen-bond donors (Lipinski definition) is 0. The van der Waals surface area contributed by atoms with E-state index in [1.165, 1.54) is 15.7 Å². The molecule has 1 aliphatic rings. The predicted octanol–water partition coefficient (Wildman–Crippen LogP) is 5.08. The molecule has 1 nitrogen and oxygen atoms in total. The zero-order valence-electron chi connectivity index (χ0n) is 12.1. The molecule has 0 saturated heterocycles. The summed E-state index contributed by atoms with van der Waals surface area (Å²) in [5, 5.41) is 2.94. The van der Waals surface area contributed by atoms with Crippen LogP contribution in [0, 0.1) is 5.41 Å². The summed E-state index contributed by atoms with van der Waals surface area (Å²) in [5.41, 5.74) is 0.240. The first-order valence-electron chi connectivity index (χ1n) is 7.22. The van der Waals surface area contributed by atoms with Crippen LogP contribution >= 0.6 is 11.8 Å². The molecule has 0 unspecified atom stereocenters. The van der Waals surface area contributed by atoms with E-state index in [2.05, 4.69) is 56.3 Å². The fourth-order valence-corrected chi connectivity index (χ4v) is 4.19. The normalized spacial score (nSPS) is 22.1. The van der Waals surface area contributed by atoms with Crippen molar-refractivity contribution in [3.05, 3.63) is 42.5 Å². The van der Waals surface area contributed by atoms with Crippen LogP contribution in [0.4, 0.5) is 0 Å². The first-order chi connectivity index (χ1) is 9.54. The van der Waals surface area contributed by atoms with Crippen LogP contribution in [0.15, 0.2) is 47.4 Å². The van der Waals surface area contributed by atoms with Crippen molar-refractivity contribution < 1.29 is 4.79 Å². The minimum absolute atomic E-state index is 0.240. The van der Waals surface area contributed by atoms with Crippen molar-refractivity contribution in [2.24, 2.45) is 5.41 Å². The molecular formula is C18H20OS. The molecular weight excluding hydrogens is 264 g/mol. The van der Waals surface area contributed by atoms with Gasteiger partial charge in [0.1, 0.15) is 5.78 Å². The maximum atomic E-state index is 11.8. The second kappa shape index (κ2) is 5.25. The van der Waals surface area contributed by atoms with E-state index in [1.807, 2.05) is 11.8 Å². The Hall–Kier alpha value is -1.28. The van der Waals surface area contributed by atoms with Crippen molar-refractivity contribution in [2.45, 2.75) is 43.3 Å². The molecule has 2 heteroatoms. The van der Waals surface area contributed by atoms with Crippen molar-refractivity contribution >= 4 is 28.3 Å². The fraction of sp³-hybridized carbons (Fsp3) is 0.389. The molecule has 1 fully saturated rings. The Bertz CT molecular complexity index is 645. The number of Topliss-reactive ketones (excluding diaryl/α,β-unsaturated/α-hetero) is 1. The van der Waals surface area contributed by atoms with Crippen LogP contribution < -0.4 is 0 Å². The van der Waals surface area contributed by atoms with Crippen LogP contribution in [-0.2, 0) is 4.79 Å². The van der Waals surface area contributed by atoms with Gasteiger partial charge in [-0.2, -0.15) is 0 Å². The Morgan fingerprint density at radius 3 is 2.65 bits per heavy atom. The number of hydrogen-bond acceptors (Lipinski definition) is 2. The summed E-state index contributed by atoms with van der Waals surface area (Å²) in [5.74, 6) is 0.419. The molecule has 0 spiro atoms. The average molecular weight is 284 g/mol. The van der Waals surface area contributed by atoms with Crippen LogP contribution in [0.1, 0.15) is 33.1 Å². The van der Waals surface area contributed by atoms with Gasteiger partial charge in [-0.25, -0.2) is 0 Å². The van der Waals surface area contributed by atoms with Gasteiger partial charge in [-0.3, -0.25) is 4.79 Å². The molecule has 2 aromatic carbocycles. The molecule has 3 rings (SSSR count). The molecule has 1 saturated carbocycles. The first-order valence-corrected chi connectivity index (χ1v) is 8.10. The molecule has 0 radical (unpaired) electrons. The van der Waals surface area contributed by atoms with Gasteiger partial charge in [0.2, 0.25) is 0 Å². The summed E-state index contributed by atoms with van der Waals surface area (Å²) in [6.07, 6.45) is 2.48. The van der Waals surface area contributed by atoms with Crippen molar-refractivity contribution in [1.82, 2.24) is 0 Å². The topological polar surface area (TPSA) is 17.1 Å². The molecule has 1 aliphatic carbocycles. The summed E-state index contributed by atoms with van der Waals surface area (Å²) in [6, 6.07) is 15.0. The summed E-state index contributed by atoms with van der Waals surface area (Å²) in [7, 11) is 0. The molecule has 0 bridgehead atoms. The Balaban J connectivity index is 1.86. The van der Waals surface area contributed by atoms with Gasteiger partial charge in [-0.15, -0.1) is 11.8 Å². The zero-order valence-corrected chi connectivity index (χ0v) is 12.9. The van der Waals surface area contributed by atoms with E-state index in [1.54, 1.807) is 0 Å². The van der Waals surface area contributed by atoms with E-state index in [-0.39, 0.29) is 5.41 Å². The molecule has 0 heterocycles. The van der Waals surface area contributed by atoms with Crippen LogP contribution in [0.3, 0.4) is 0 Å². The van der Waals surface area contributed by atoms with Gasteiger partial charge in [0.15, 0.2) is 0 Å². The number of ketones is 1. The second-order valence-corrected chi connectivity index (χ2v) is 7.62. The second-order valence-electron chi connectivity index (χ2n) is 6.35. The Labute approximate surface area is 124 Å². The number of carbonyl (C=O) groups excluding carboxylic acids is 1. The quantitative estimate of drug-likeness (QED) is 0.765. The number of thioether (sulfide) groups is 1. The zero-order chi connectivity index (χ0) is 14.2. The van der Waals surface area contributed by atoms with Crippen LogP contribution in [-0.4, -0.2) is 11.0 Å². The SMILES string of the molecule is CC1(C)CCC(=O)C[C@@H]1Sc1ccc2ccccc2c1. The third kappa shape index (κ3) is 2.76. The third-order valence-corrected chi connectivity index (χ3v) is 5.95. The molecule has 0 amide bonds. The fourth-order valence-electron chi connectivity index (χ4n) is 2.81. The highest BCUT2D eigenvalue weighted by Crippen LogP contribution is 2.44. The Kier molecular flexibility index (Phi) is 3.59. The molecule has 2 aromatic rings. The molecule has 104 valence electrons. The lowest BCUT2D eigenvalue weighted by Crippen LogP contribution is -2.34. The molecule has 0 N–H and O–H groups in total. The standard InChI is InChI=1S/C18H20OS/c1-18(2)10-9-15(19)12-17(18)20-16-8-7-13-5-3-4-6-14(13)11-16/h3-8,11,17H,9-10,12H2,1-2H3/t17-/m0/s1. The van der Waals surface area contributed by atoms with Crippen LogP contribution in [0.25, 0.3) is 10.8 Å². The molecule has 1 atom stereocenters. The van der Waals surface area contributed by atoms with E-state index in [4.69, 9.17) is 0 Å². The lowest BCUT2D eigenvalue weighted by molar-refractivity contribution is -0.121. The van der Waals surface area contributed by atoms with Gasteiger partial charge >= 0.3 is 0 Å². The van der Waals surface area contributed by atoms with Crippen molar-refractivity contribution in [2.75, 3.05) is 0 Å². The van der Waals surface area contributed by atoms with Gasteiger partial charge in [0, 0.05) is 23.0 Å². The Morgan fingerprint density at radius 1 is 1.10 bits per heavy atom. The van der Waals surface area contributed by atoms with E-state index in [9.17, 15) is 4.79 Å². The summed E-state index contributed by atoms with van der Waals surface area (Å²) in [4.78, 5) is 13.0. The highest BCUT2D eigenvalue weighted by Gasteiger charge is 2.36. The lowest BCUT2D eigenvalue weighted by Gasteiger charge is -2.37. The van der Waals surface area contributed by atoms with Gasteiger partial charge in [-0.1, -0.05) is 44.2 Å². The monoisotopic (exact) mass is 284 g/mol. The maximum Gasteiger partial charge on any atom is 0.134 e. The molecule has 0 aliphatic heterocycles. The maximum absolute atomic E-state index is 11.8. The highest BCUT2D eigenvalue weighted by atomic mass is 32.2. The number of rotatable bonds is 2. The van der Waals surface area contributed by atoms with E-state index >= 15 is 0 Å². The number of benzene rings is 2. The number of carbonyl (C=O) groups is 1. The van der Waals surface area contributed by atoms with Crippen molar-refractivity contribution in [3.63, 3.8) is 0 Å². The van der Waals surface area contributed by atoms with Gasteiger partial charge in [0.25, 0.3) is 0 Å². The minimum Gasteiger partial charge on any atom is -0.300 e. The molecule has 20 heavy (non-hydrogen) atoms. The summed E-state index contributed by atoms with van der Waals surface area (Å²) in [6.45, 7) is 4.58. The van der Waals surface area contributed by atoms with Gasteiger partial charge < -0.3 is 0 Å². The minimum atomic E-state index is 0.240. The first kappa shape index (κ1) is 13.7. The number of fused-ring (bicyclic) bond motifs is 1. The van der Waals surface area contributed by atoms with Gasteiger partial charge in [-0.05, 0) is 34.7 Å². The lowest BCUT2D eigenvalue weighted by atomic mass is 9.76. The largest absolute Gasteiger partial charge is 0.300 e. The third-order valence-electron chi connectivity index (χ3n) is 4.33. The van der Waals surface area contributed by atoms with Gasteiger partial charge in [0.05, 0.1) is 0 Å². The highest BCUT2D eigenvalue weighted by molar-refractivity contribution is 8.00. The van der Waals surface area contributed by atoms with Crippen molar-refractivity contribution in [3.8, 4) is 0 Å². The average Bonchev–Trinajstić information content (AvgIpc) is 2.43. The molecule has 0 aromatic heterocycles. The van der Waals surface area contributed by atoms with Crippen LogP contribution in [0.5, 0.6) is 0 Å². The smallest absolute Gasteiger partial charge is 0.134 e. The van der Waals surface area contributed by atoms with E-state index < -0.39 is 0 Å². The Morgan fingerprint density at radius 2 is 1.85 bits per heavy atom. The predicted molar refractivity (Wildman–Crippen MR) is 86.2 cm³/mol. The van der Waals surface area contributed by atoms with E-state index in [0.29, 0.717) is 17.5 Å².